The SMILES string of the molecule is CCCCN(C(=O)OC(C)(C)C)[C@H](C)c1ccc(-c2cccc3c2sc2ccccc23)cc1. The first-order valence-electron chi connectivity index (χ1n) is 11.8. The van der Waals surface area contributed by atoms with Crippen molar-refractivity contribution >= 4 is 37.6 Å². The van der Waals surface area contributed by atoms with E-state index in [1.54, 1.807) is 0 Å². The summed E-state index contributed by atoms with van der Waals surface area (Å²) in [5.74, 6) is 0. The molecule has 0 unspecified atom stereocenters. The van der Waals surface area contributed by atoms with Crippen LogP contribution in [0.25, 0.3) is 31.3 Å². The standard InChI is InChI=1S/C29H33NO2S/c1-6-7-19-30(28(31)32-29(3,4)5)20(2)21-15-17-22(18-16-21)23-12-10-13-25-24-11-8-9-14-26(24)33-27(23)25/h8-18,20H,6-7,19H2,1-5H3/t20-/m1/s1. The van der Waals surface area contributed by atoms with Gasteiger partial charge in [-0.15, -0.1) is 11.3 Å². The van der Waals surface area contributed by atoms with Crippen LogP contribution in [-0.4, -0.2) is 23.1 Å². The van der Waals surface area contributed by atoms with E-state index in [2.05, 4.69) is 80.6 Å². The Morgan fingerprint density at radius 1 is 0.970 bits per heavy atom. The van der Waals surface area contributed by atoms with E-state index in [9.17, 15) is 4.79 Å². The lowest BCUT2D eigenvalue weighted by Gasteiger charge is -2.32. The van der Waals surface area contributed by atoms with E-state index in [-0.39, 0.29) is 12.1 Å². The number of benzene rings is 3. The third kappa shape index (κ3) is 5.06. The number of carbonyl (C=O) groups is 1. The molecule has 0 spiro atoms. The first-order chi connectivity index (χ1) is 15.8. The smallest absolute Gasteiger partial charge is 0.410 e. The van der Waals surface area contributed by atoms with Gasteiger partial charge in [-0.25, -0.2) is 4.79 Å². The Morgan fingerprint density at radius 3 is 2.36 bits per heavy atom. The third-order valence-corrected chi connectivity index (χ3v) is 7.18. The number of rotatable bonds is 6. The Kier molecular flexibility index (Phi) is 6.76. The lowest BCUT2D eigenvalue weighted by molar-refractivity contribution is 0.0170. The van der Waals surface area contributed by atoms with Crippen LogP contribution < -0.4 is 0 Å². The zero-order chi connectivity index (χ0) is 23.6. The molecule has 172 valence electrons. The van der Waals surface area contributed by atoms with Crippen LogP contribution >= 0.6 is 11.3 Å². The highest BCUT2D eigenvalue weighted by Crippen LogP contribution is 2.40. The van der Waals surface area contributed by atoms with Crippen molar-refractivity contribution in [2.75, 3.05) is 6.54 Å². The average molecular weight is 460 g/mol. The molecule has 0 aliphatic rings. The molecule has 1 amide bonds. The van der Waals surface area contributed by atoms with Crippen molar-refractivity contribution in [1.82, 2.24) is 4.90 Å². The second kappa shape index (κ2) is 9.56. The minimum atomic E-state index is -0.506. The maximum atomic E-state index is 12.9. The van der Waals surface area contributed by atoms with Gasteiger partial charge in [0.25, 0.3) is 0 Å². The van der Waals surface area contributed by atoms with Crippen LogP contribution in [0.3, 0.4) is 0 Å². The van der Waals surface area contributed by atoms with Gasteiger partial charge in [-0.1, -0.05) is 74.0 Å². The Bertz CT molecular complexity index is 1250. The minimum absolute atomic E-state index is 0.0550. The largest absolute Gasteiger partial charge is 0.444 e. The first kappa shape index (κ1) is 23.3. The summed E-state index contributed by atoms with van der Waals surface area (Å²) in [5.41, 5.74) is 3.06. The van der Waals surface area contributed by atoms with E-state index < -0.39 is 5.60 Å². The fourth-order valence-electron chi connectivity index (χ4n) is 4.19. The van der Waals surface area contributed by atoms with Crippen LogP contribution in [0.15, 0.2) is 66.7 Å². The van der Waals surface area contributed by atoms with Crippen molar-refractivity contribution in [3.63, 3.8) is 0 Å². The summed E-state index contributed by atoms with van der Waals surface area (Å²) >= 11 is 1.85. The molecule has 4 heteroatoms. The molecule has 3 nitrogen and oxygen atoms in total. The number of amides is 1. The molecule has 1 aromatic heterocycles. The number of ether oxygens (including phenoxy) is 1. The number of thiophene rings is 1. The quantitative estimate of drug-likeness (QED) is 0.288. The number of hydrogen-bond donors (Lipinski definition) is 0. The molecule has 33 heavy (non-hydrogen) atoms. The van der Waals surface area contributed by atoms with Crippen molar-refractivity contribution in [3.8, 4) is 11.1 Å². The topological polar surface area (TPSA) is 29.5 Å². The molecule has 0 fully saturated rings. The van der Waals surface area contributed by atoms with Gasteiger partial charge in [-0.05, 0) is 56.9 Å². The van der Waals surface area contributed by atoms with Gasteiger partial charge in [0.15, 0.2) is 0 Å². The van der Waals surface area contributed by atoms with Crippen molar-refractivity contribution < 1.29 is 9.53 Å². The molecule has 0 N–H and O–H groups in total. The second-order valence-electron chi connectivity index (χ2n) is 9.61. The molecular weight excluding hydrogens is 426 g/mol. The van der Waals surface area contributed by atoms with Crippen LogP contribution in [0.2, 0.25) is 0 Å². The summed E-state index contributed by atoms with van der Waals surface area (Å²) in [6.45, 7) is 10.7. The van der Waals surface area contributed by atoms with Crippen LogP contribution in [0.4, 0.5) is 4.79 Å². The molecule has 1 heterocycles. The lowest BCUT2D eigenvalue weighted by atomic mass is 9.99. The number of fused-ring (bicyclic) bond motifs is 3. The highest BCUT2D eigenvalue weighted by atomic mass is 32.1. The summed E-state index contributed by atoms with van der Waals surface area (Å²) in [7, 11) is 0. The van der Waals surface area contributed by atoms with Gasteiger partial charge in [-0.2, -0.15) is 0 Å². The Labute approximate surface area is 201 Å². The lowest BCUT2D eigenvalue weighted by Crippen LogP contribution is -2.39. The van der Waals surface area contributed by atoms with Crippen molar-refractivity contribution in [3.05, 3.63) is 72.3 Å². The van der Waals surface area contributed by atoms with Gasteiger partial charge in [0.2, 0.25) is 0 Å². The molecule has 0 bridgehead atoms. The summed E-state index contributed by atoms with van der Waals surface area (Å²) in [6, 6.07) is 23.7. The number of hydrogen-bond acceptors (Lipinski definition) is 3. The molecule has 0 aliphatic carbocycles. The third-order valence-electron chi connectivity index (χ3n) is 5.96. The van der Waals surface area contributed by atoms with Crippen molar-refractivity contribution in [2.45, 2.75) is 59.1 Å². The normalized spacial score (nSPS) is 12.8. The number of carbonyl (C=O) groups excluding carboxylic acids is 1. The highest BCUT2D eigenvalue weighted by molar-refractivity contribution is 7.26. The molecule has 0 saturated heterocycles. The molecule has 4 aromatic rings. The summed E-state index contributed by atoms with van der Waals surface area (Å²) < 4.78 is 8.33. The molecule has 0 radical (unpaired) electrons. The summed E-state index contributed by atoms with van der Waals surface area (Å²) in [5, 5.41) is 2.62. The Morgan fingerprint density at radius 2 is 1.67 bits per heavy atom. The predicted molar refractivity (Wildman–Crippen MR) is 141 cm³/mol. The molecule has 3 aromatic carbocycles. The average Bonchev–Trinajstić information content (AvgIpc) is 3.17. The monoisotopic (exact) mass is 459 g/mol. The van der Waals surface area contributed by atoms with Gasteiger partial charge in [-0.3, -0.25) is 0 Å². The molecular formula is C29H33NO2S. The minimum Gasteiger partial charge on any atom is -0.444 e. The number of unbranched alkanes of at least 4 members (excludes halogenated alkanes) is 1. The highest BCUT2D eigenvalue weighted by Gasteiger charge is 2.26. The van der Waals surface area contributed by atoms with E-state index in [1.807, 2.05) is 37.0 Å². The van der Waals surface area contributed by atoms with Crippen LogP contribution in [0, 0.1) is 0 Å². The molecule has 0 saturated carbocycles. The van der Waals surface area contributed by atoms with Gasteiger partial charge >= 0.3 is 6.09 Å². The zero-order valence-electron chi connectivity index (χ0n) is 20.2. The van der Waals surface area contributed by atoms with Crippen LogP contribution in [-0.2, 0) is 4.74 Å². The zero-order valence-corrected chi connectivity index (χ0v) is 21.0. The van der Waals surface area contributed by atoms with Crippen molar-refractivity contribution in [2.24, 2.45) is 0 Å². The van der Waals surface area contributed by atoms with Gasteiger partial charge in [0.05, 0.1) is 6.04 Å². The maximum absolute atomic E-state index is 12.9. The molecule has 1 atom stereocenters. The summed E-state index contributed by atoms with van der Waals surface area (Å²) in [6.07, 6.45) is 1.74. The number of nitrogens with zero attached hydrogens (tertiary/aromatic N) is 1. The van der Waals surface area contributed by atoms with Gasteiger partial charge in [0.1, 0.15) is 5.60 Å². The van der Waals surface area contributed by atoms with Gasteiger partial charge in [0, 0.05) is 26.7 Å². The fraction of sp³-hybridized carbons (Fsp3) is 0.345. The maximum Gasteiger partial charge on any atom is 0.410 e. The van der Waals surface area contributed by atoms with E-state index in [1.165, 1.54) is 31.3 Å². The second-order valence-corrected chi connectivity index (χ2v) is 10.7. The van der Waals surface area contributed by atoms with Crippen LogP contribution in [0.5, 0.6) is 0 Å². The Balaban J connectivity index is 1.64. The van der Waals surface area contributed by atoms with Gasteiger partial charge < -0.3 is 9.64 Å². The fourth-order valence-corrected chi connectivity index (χ4v) is 5.43. The Hall–Kier alpha value is -2.85. The van der Waals surface area contributed by atoms with E-state index in [0.717, 1.165) is 18.4 Å². The molecule has 0 aliphatic heterocycles. The molecule has 4 rings (SSSR count). The van der Waals surface area contributed by atoms with E-state index in [4.69, 9.17) is 4.74 Å². The van der Waals surface area contributed by atoms with Crippen molar-refractivity contribution in [1.29, 1.82) is 0 Å². The van der Waals surface area contributed by atoms with Crippen LogP contribution in [0.1, 0.15) is 59.1 Å². The predicted octanol–water partition coefficient (Wildman–Crippen LogP) is 8.82. The summed E-state index contributed by atoms with van der Waals surface area (Å²) in [4.78, 5) is 14.8. The van der Waals surface area contributed by atoms with E-state index in [0.29, 0.717) is 6.54 Å². The van der Waals surface area contributed by atoms with E-state index >= 15 is 0 Å². The first-order valence-corrected chi connectivity index (χ1v) is 12.6.